The van der Waals surface area contributed by atoms with Gasteiger partial charge in [-0.15, -0.1) is 0 Å². The van der Waals surface area contributed by atoms with Gasteiger partial charge in [-0.05, 0) is 29.5 Å². The number of nitrogens with zero attached hydrogens (tertiary/aromatic N) is 3. The van der Waals surface area contributed by atoms with E-state index in [1.807, 2.05) is 19.1 Å². The zero-order chi connectivity index (χ0) is 18.2. The third-order valence-corrected chi connectivity index (χ3v) is 4.53. The number of hydrogen-bond donors (Lipinski definition) is 1. The van der Waals surface area contributed by atoms with Crippen LogP contribution >= 0.6 is 11.6 Å². The first-order valence-corrected chi connectivity index (χ1v) is 8.55. The monoisotopic (exact) mass is 356 g/mol. The molecule has 0 aliphatic heterocycles. The molecule has 1 atom stereocenters. The Labute approximate surface area is 152 Å². The number of amides is 1. The number of fused-ring (bicyclic) bond motifs is 1. The fourth-order valence-electron chi connectivity index (χ4n) is 2.62. The second kappa shape index (κ2) is 6.48. The molecule has 1 aromatic carbocycles. The van der Waals surface area contributed by atoms with Crippen molar-refractivity contribution in [3.8, 4) is 0 Å². The maximum atomic E-state index is 12.5. The number of hydrogen-bond acceptors (Lipinski definition) is 3. The van der Waals surface area contributed by atoms with Gasteiger partial charge in [-0.3, -0.25) is 4.79 Å². The highest BCUT2D eigenvalue weighted by Crippen LogP contribution is 2.25. The first-order valence-electron chi connectivity index (χ1n) is 8.17. The molecule has 0 radical (unpaired) electrons. The summed E-state index contributed by atoms with van der Waals surface area (Å²) in [4.78, 5) is 16.7. The fourth-order valence-corrected chi connectivity index (χ4v) is 2.88. The van der Waals surface area contributed by atoms with Gasteiger partial charge in [-0.2, -0.15) is 5.10 Å². The zero-order valence-corrected chi connectivity index (χ0v) is 15.5. The summed E-state index contributed by atoms with van der Waals surface area (Å²) < 4.78 is 1.50. The van der Waals surface area contributed by atoms with E-state index in [4.69, 9.17) is 11.6 Å². The van der Waals surface area contributed by atoms with Crippen LogP contribution in [0.25, 0.3) is 5.65 Å². The van der Waals surface area contributed by atoms with E-state index in [0.717, 1.165) is 5.56 Å². The zero-order valence-electron chi connectivity index (χ0n) is 14.7. The highest BCUT2D eigenvalue weighted by Gasteiger charge is 2.21. The standard InChI is InChI=1S/C19H21ClN4O/c1-12(13-6-8-14(9-7-13)19(2,3)4)22-18(25)16-15(20)17-21-10-5-11-24(17)23-16/h5-12H,1-4H3,(H,22,25)/t12-/m1/s1. The second-order valence-corrected chi connectivity index (χ2v) is 7.50. The lowest BCUT2D eigenvalue weighted by molar-refractivity contribution is 0.0934. The van der Waals surface area contributed by atoms with Crippen LogP contribution in [0.2, 0.25) is 5.02 Å². The van der Waals surface area contributed by atoms with E-state index < -0.39 is 0 Å². The van der Waals surface area contributed by atoms with Gasteiger partial charge >= 0.3 is 0 Å². The normalized spacial score (nSPS) is 13.0. The molecule has 0 saturated carbocycles. The lowest BCUT2D eigenvalue weighted by atomic mass is 9.86. The molecular weight excluding hydrogens is 336 g/mol. The molecule has 0 aliphatic carbocycles. The fraction of sp³-hybridized carbons (Fsp3) is 0.316. The van der Waals surface area contributed by atoms with Gasteiger partial charge in [0.15, 0.2) is 11.3 Å². The van der Waals surface area contributed by atoms with E-state index in [0.29, 0.717) is 5.65 Å². The van der Waals surface area contributed by atoms with Crippen LogP contribution in [0.15, 0.2) is 42.7 Å². The van der Waals surface area contributed by atoms with Gasteiger partial charge in [-0.25, -0.2) is 9.50 Å². The van der Waals surface area contributed by atoms with Gasteiger partial charge in [0, 0.05) is 12.4 Å². The third-order valence-electron chi connectivity index (χ3n) is 4.18. The van der Waals surface area contributed by atoms with Crippen molar-refractivity contribution in [1.29, 1.82) is 0 Å². The largest absolute Gasteiger partial charge is 0.344 e. The summed E-state index contributed by atoms with van der Waals surface area (Å²) in [6.07, 6.45) is 3.32. The Morgan fingerprint density at radius 2 is 1.92 bits per heavy atom. The van der Waals surface area contributed by atoms with E-state index in [2.05, 4.69) is 48.3 Å². The van der Waals surface area contributed by atoms with Gasteiger partial charge in [0.05, 0.1) is 6.04 Å². The van der Waals surface area contributed by atoms with E-state index in [9.17, 15) is 4.79 Å². The minimum atomic E-state index is -0.317. The molecule has 0 unspecified atom stereocenters. The van der Waals surface area contributed by atoms with Crippen molar-refractivity contribution < 1.29 is 4.79 Å². The lowest BCUT2D eigenvalue weighted by Crippen LogP contribution is -2.27. The minimum absolute atomic E-state index is 0.0993. The molecule has 0 saturated heterocycles. The molecule has 0 spiro atoms. The first kappa shape index (κ1) is 17.4. The molecule has 5 nitrogen and oxygen atoms in total. The Morgan fingerprint density at radius 3 is 2.52 bits per heavy atom. The highest BCUT2D eigenvalue weighted by atomic mass is 35.5. The second-order valence-electron chi connectivity index (χ2n) is 7.12. The third kappa shape index (κ3) is 3.51. The van der Waals surface area contributed by atoms with Crippen LogP contribution in [-0.4, -0.2) is 20.5 Å². The molecule has 2 heterocycles. The lowest BCUT2D eigenvalue weighted by Gasteiger charge is -2.20. The van der Waals surface area contributed by atoms with Gasteiger partial charge < -0.3 is 5.32 Å². The smallest absolute Gasteiger partial charge is 0.273 e. The quantitative estimate of drug-likeness (QED) is 0.766. The number of halogens is 1. The Hall–Kier alpha value is -2.40. The van der Waals surface area contributed by atoms with Crippen molar-refractivity contribution in [2.45, 2.75) is 39.2 Å². The predicted octanol–water partition coefficient (Wildman–Crippen LogP) is 4.17. The number of nitrogens with one attached hydrogen (secondary N) is 1. The first-order chi connectivity index (χ1) is 11.8. The number of carbonyl (C=O) groups is 1. The summed E-state index contributed by atoms with van der Waals surface area (Å²) in [5.41, 5.74) is 3.03. The molecule has 3 rings (SSSR count). The van der Waals surface area contributed by atoms with Crippen LogP contribution < -0.4 is 5.32 Å². The Morgan fingerprint density at radius 1 is 1.24 bits per heavy atom. The SMILES string of the molecule is C[C@@H](NC(=O)c1nn2cccnc2c1Cl)c1ccc(C(C)(C)C)cc1. The maximum absolute atomic E-state index is 12.5. The average molecular weight is 357 g/mol. The van der Waals surface area contributed by atoms with Crippen LogP contribution in [-0.2, 0) is 5.41 Å². The van der Waals surface area contributed by atoms with E-state index in [-0.39, 0.29) is 28.1 Å². The molecule has 0 fully saturated rings. The van der Waals surface area contributed by atoms with Crippen LogP contribution in [0.3, 0.4) is 0 Å². The maximum Gasteiger partial charge on any atom is 0.273 e. The van der Waals surface area contributed by atoms with Crippen molar-refractivity contribution >= 4 is 23.2 Å². The van der Waals surface area contributed by atoms with Gasteiger partial charge in [0.2, 0.25) is 0 Å². The molecule has 25 heavy (non-hydrogen) atoms. The van der Waals surface area contributed by atoms with Crippen molar-refractivity contribution in [3.63, 3.8) is 0 Å². The summed E-state index contributed by atoms with van der Waals surface area (Å²) in [6.45, 7) is 8.46. The van der Waals surface area contributed by atoms with E-state index in [1.165, 1.54) is 10.1 Å². The number of carbonyl (C=O) groups excluding carboxylic acids is 1. The van der Waals surface area contributed by atoms with Crippen molar-refractivity contribution in [2.24, 2.45) is 0 Å². The highest BCUT2D eigenvalue weighted by molar-refractivity contribution is 6.36. The van der Waals surface area contributed by atoms with Gasteiger partial charge in [0.25, 0.3) is 5.91 Å². The predicted molar refractivity (Wildman–Crippen MR) is 99.0 cm³/mol. The molecule has 1 amide bonds. The van der Waals surface area contributed by atoms with Crippen LogP contribution in [0.1, 0.15) is 55.4 Å². The van der Waals surface area contributed by atoms with E-state index in [1.54, 1.807) is 18.5 Å². The molecule has 3 aromatic rings. The Bertz CT molecular complexity index is 909. The Balaban J connectivity index is 1.79. The molecule has 0 aliphatic rings. The Kier molecular flexibility index (Phi) is 4.52. The number of benzene rings is 1. The van der Waals surface area contributed by atoms with Gasteiger partial charge in [0.1, 0.15) is 5.02 Å². The molecule has 1 N–H and O–H groups in total. The van der Waals surface area contributed by atoms with Gasteiger partial charge in [-0.1, -0.05) is 56.6 Å². The van der Waals surface area contributed by atoms with E-state index >= 15 is 0 Å². The minimum Gasteiger partial charge on any atom is -0.344 e. The number of aromatic nitrogens is 3. The summed E-state index contributed by atoms with van der Waals surface area (Å²) in [5, 5.41) is 7.42. The van der Waals surface area contributed by atoms with Crippen LogP contribution in [0, 0.1) is 0 Å². The summed E-state index contributed by atoms with van der Waals surface area (Å²) in [6, 6.07) is 9.85. The van der Waals surface area contributed by atoms with Crippen molar-refractivity contribution in [3.05, 3.63) is 64.6 Å². The summed E-state index contributed by atoms with van der Waals surface area (Å²) in [5.74, 6) is -0.317. The summed E-state index contributed by atoms with van der Waals surface area (Å²) >= 11 is 6.25. The number of rotatable bonds is 3. The van der Waals surface area contributed by atoms with Crippen LogP contribution in [0.5, 0.6) is 0 Å². The topological polar surface area (TPSA) is 59.3 Å². The molecular formula is C19H21ClN4O. The van der Waals surface area contributed by atoms with Crippen molar-refractivity contribution in [1.82, 2.24) is 19.9 Å². The molecule has 6 heteroatoms. The average Bonchev–Trinajstić information content (AvgIpc) is 2.91. The molecule has 2 aromatic heterocycles. The molecule has 130 valence electrons. The van der Waals surface area contributed by atoms with Crippen molar-refractivity contribution in [2.75, 3.05) is 0 Å². The molecule has 0 bridgehead atoms. The van der Waals surface area contributed by atoms with Crippen LogP contribution in [0.4, 0.5) is 0 Å². The summed E-state index contributed by atoms with van der Waals surface area (Å²) in [7, 11) is 0.